The molecule has 0 spiro atoms. The molecule has 0 aliphatic heterocycles. The summed E-state index contributed by atoms with van der Waals surface area (Å²) in [4.78, 5) is 12.0. The van der Waals surface area contributed by atoms with Crippen molar-refractivity contribution in [1.29, 1.82) is 0 Å². The first kappa shape index (κ1) is 17.3. The van der Waals surface area contributed by atoms with E-state index < -0.39 is 0 Å². The topological polar surface area (TPSA) is 47.6 Å². The molecule has 0 saturated heterocycles. The monoisotopic (exact) mass is 325 g/mol. The lowest BCUT2D eigenvalue weighted by Gasteiger charge is -2.25. The molecule has 1 aliphatic rings. The highest BCUT2D eigenvalue weighted by Crippen LogP contribution is 2.27. The summed E-state index contributed by atoms with van der Waals surface area (Å²) in [7, 11) is 1.62. The average Bonchev–Trinajstić information content (AvgIpc) is 3.01. The Kier molecular flexibility index (Phi) is 6.68. The van der Waals surface area contributed by atoms with Gasteiger partial charge >= 0.3 is 0 Å². The average molecular weight is 326 g/mol. The van der Waals surface area contributed by atoms with Gasteiger partial charge in [0, 0.05) is 17.7 Å². The molecule has 4 nitrogen and oxygen atoms in total. The van der Waals surface area contributed by atoms with Crippen LogP contribution in [0.15, 0.2) is 24.3 Å². The Morgan fingerprint density at radius 2 is 2.05 bits per heavy atom. The van der Waals surface area contributed by atoms with E-state index in [0.29, 0.717) is 5.02 Å². The molecule has 2 rings (SSSR count). The van der Waals surface area contributed by atoms with E-state index in [1.807, 2.05) is 31.2 Å². The second-order valence-corrected chi connectivity index (χ2v) is 6.16. The van der Waals surface area contributed by atoms with Gasteiger partial charge in [0.25, 0.3) is 0 Å². The van der Waals surface area contributed by atoms with Gasteiger partial charge in [-0.25, -0.2) is 0 Å². The van der Waals surface area contributed by atoms with E-state index in [2.05, 4.69) is 5.32 Å². The van der Waals surface area contributed by atoms with Gasteiger partial charge in [0.1, 0.15) is 12.7 Å². The summed E-state index contributed by atoms with van der Waals surface area (Å²) >= 11 is 6.21. The SMILES string of the molecule is CO[C@H](c1ccccc1Cl)[C@H](C)NC(=O)COC1CCCC1. The molecule has 0 bridgehead atoms. The van der Waals surface area contributed by atoms with E-state index in [9.17, 15) is 4.79 Å². The lowest BCUT2D eigenvalue weighted by Crippen LogP contribution is -2.40. The Hall–Kier alpha value is -1.10. The number of carbonyl (C=O) groups is 1. The molecule has 122 valence electrons. The Labute approximate surface area is 137 Å². The van der Waals surface area contributed by atoms with Crippen LogP contribution in [0, 0.1) is 0 Å². The molecule has 0 unspecified atom stereocenters. The molecule has 0 aromatic heterocycles. The van der Waals surface area contributed by atoms with Crippen molar-refractivity contribution < 1.29 is 14.3 Å². The molecular weight excluding hydrogens is 302 g/mol. The maximum atomic E-state index is 12.0. The predicted octanol–water partition coefficient (Wildman–Crippen LogP) is 3.49. The third-order valence-electron chi connectivity index (χ3n) is 4.06. The van der Waals surface area contributed by atoms with Gasteiger partial charge in [0.05, 0.1) is 12.1 Å². The minimum Gasteiger partial charge on any atom is -0.375 e. The summed E-state index contributed by atoms with van der Waals surface area (Å²) < 4.78 is 11.1. The number of hydrogen-bond acceptors (Lipinski definition) is 3. The molecular formula is C17H24ClNO3. The largest absolute Gasteiger partial charge is 0.375 e. The van der Waals surface area contributed by atoms with Crippen LogP contribution in [0.25, 0.3) is 0 Å². The molecule has 0 radical (unpaired) electrons. The van der Waals surface area contributed by atoms with Crippen molar-refractivity contribution in [2.24, 2.45) is 0 Å². The smallest absolute Gasteiger partial charge is 0.246 e. The quantitative estimate of drug-likeness (QED) is 0.834. The van der Waals surface area contributed by atoms with E-state index in [4.69, 9.17) is 21.1 Å². The van der Waals surface area contributed by atoms with Gasteiger partial charge in [-0.05, 0) is 25.8 Å². The Morgan fingerprint density at radius 1 is 1.36 bits per heavy atom. The lowest BCUT2D eigenvalue weighted by atomic mass is 10.0. The number of nitrogens with one attached hydrogen (secondary N) is 1. The van der Waals surface area contributed by atoms with Gasteiger partial charge in [-0.1, -0.05) is 42.6 Å². The van der Waals surface area contributed by atoms with Crippen LogP contribution in [0.4, 0.5) is 0 Å². The number of hydrogen-bond donors (Lipinski definition) is 1. The van der Waals surface area contributed by atoms with Crippen molar-refractivity contribution in [3.63, 3.8) is 0 Å². The van der Waals surface area contributed by atoms with Gasteiger partial charge in [-0.15, -0.1) is 0 Å². The third kappa shape index (κ3) is 4.70. The van der Waals surface area contributed by atoms with Crippen LogP contribution in [0.3, 0.4) is 0 Å². The zero-order chi connectivity index (χ0) is 15.9. The number of carbonyl (C=O) groups excluding carboxylic acids is 1. The first-order chi connectivity index (χ1) is 10.6. The Bertz CT molecular complexity index is 489. The summed E-state index contributed by atoms with van der Waals surface area (Å²) in [5, 5.41) is 3.57. The minimum atomic E-state index is -0.288. The van der Waals surface area contributed by atoms with E-state index in [-0.39, 0.29) is 30.8 Å². The van der Waals surface area contributed by atoms with Gasteiger partial charge in [-0.3, -0.25) is 4.79 Å². The Morgan fingerprint density at radius 3 is 2.68 bits per heavy atom. The van der Waals surface area contributed by atoms with Crippen molar-refractivity contribution in [3.8, 4) is 0 Å². The number of amides is 1. The molecule has 1 saturated carbocycles. The molecule has 1 fully saturated rings. The zero-order valence-corrected chi connectivity index (χ0v) is 13.9. The van der Waals surface area contributed by atoms with Crippen LogP contribution in [0.2, 0.25) is 5.02 Å². The minimum absolute atomic E-state index is 0.105. The normalized spacial score (nSPS) is 18.1. The van der Waals surface area contributed by atoms with Crippen LogP contribution in [-0.4, -0.2) is 31.8 Å². The standard InChI is InChI=1S/C17H24ClNO3/c1-12(17(21-2)14-9-5-6-10-15(14)18)19-16(20)11-22-13-7-3-4-8-13/h5-6,9-10,12-13,17H,3-4,7-8,11H2,1-2H3,(H,19,20)/t12-,17-/m0/s1. The Balaban J connectivity index is 1.87. The van der Waals surface area contributed by atoms with Crippen LogP contribution in [0.1, 0.15) is 44.3 Å². The van der Waals surface area contributed by atoms with Gasteiger partial charge in [0.15, 0.2) is 0 Å². The van der Waals surface area contributed by atoms with Crippen LogP contribution in [0.5, 0.6) is 0 Å². The molecule has 1 aliphatic carbocycles. The van der Waals surface area contributed by atoms with Crippen molar-refractivity contribution in [3.05, 3.63) is 34.9 Å². The number of benzene rings is 1. The predicted molar refractivity (Wildman–Crippen MR) is 87.0 cm³/mol. The van der Waals surface area contributed by atoms with Gasteiger partial charge in [-0.2, -0.15) is 0 Å². The number of rotatable bonds is 7. The van der Waals surface area contributed by atoms with Crippen LogP contribution >= 0.6 is 11.6 Å². The highest BCUT2D eigenvalue weighted by Gasteiger charge is 2.23. The molecule has 22 heavy (non-hydrogen) atoms. The van der Waals surface area contributed by atoms with Gasteiger partial charge in [0.2, 0.25) is 5.91 Å². The fourth-order valence-electron chi connectivity index (χ4n) is 2.93. The van der Waals surface area contributed by atoms with E-state index in [0.717, 1.165) is 18.4 Å². The highest BCUT2D eigenvalue weighted by molar-refractivity contribution is 6.31. The summed E-state index contributed by atoms with van der Waals surface area (Å²) in [6.07, 6.45) is 4.46. The molecule has 1 N–H and O–H groups in total. The zero-order valence-electron chi connectivity index (χ0n) is 13.2. The number of halogens is 1. The molecule has 5 heteroatoms. The summed E-state index contributed by atoms with van der Waals surface area (Å²) in [6, 6.07) is 7.32. The summed E-state index contributed by atoms with van der Waals surface area (Å²) in [5.41, 5.74) is 0.871. The van der Waals surface area contributed by atoms with E-state index >= 15 is 0 Å². The van der Waals surface area contributed by atoms with Crippen molar-refractivity contribution >= 4 is 17.5 Å². The second kappa shape index (κ2) is 8.51. The fraction of sp³-hybridized carbons (Fsp3) is 0.588. The number of ether oxygens (including phenoxy) is 2. The number of methoxy groups -OCH3 is 1. The highest BCUT2D eigenvalue weighted by atomic mass is 35.5. The lowest BCUT2D eigenvalue weighted by molar-refractivity contribution is -0.129. The summed E-state index contributed by atoms with van der Waals surface area (Å²) in [6.45, 7) is 2.01. The van der Waals surface area contributed by atoms with Gasteiger partial charge < -0.3 is 14.8 Å². The first-order valence-electron chi connectivity index (χ1n) is 7.80. The van der Waals surface area contributed by atoms with Crippen molar-refractivity contribution in [2.45, 2.75) is 50.9 Å². The fourth-order valence-corrected chi connectivity index (χ4v) is 3.17. The van der Waals surface area contributed by atoms with Crippen molar-refractivity contribution in [2.75, 3.05) is 13.7 Å². The van der Waals surface area contributed by atoms with E-state index in [1.54, 1.807) is 7.11 Å². The maximum Gasteiger partial charge on any atom is 0.246 e. The van der Waals surface area contributed by atoms with Crippen LogP contribution in [-0.2, 0) is 14.3 Å². The molecule has 1 aromatic rings. The molecule has 0 heterocycles. The third-order valence-corrected chi connectivity index (χ3v) is 4.40. The second-order valence-electron chi connectivity index (χ2n) is 5.75. The van der Waals surface area contributed by atoms with Crippen molar-refractivity contribution in [1.82, 2.24) is 5.32 Å². The summed E-state index contributed by atoms with van der Waals surface area (Å²) in [5.74, 6) is -0.117. The van der Waals surface area contributed by atoms with Crippen LogP contribution < -0.4 is 5.32 Å². The van der Waals surface area contributed by atoms with E-state index in [1.165, 1.54) is 12.8 Å². The molecule has 2 atom stereocenters. The maximum absolute atomic E-state index is 12.0. The molecule has 1 aromatic carbocycles. The first-order valence-corrected chi connectivity index (χ1v) is 8.17. The molecule has 1 amide bonds.